The number of hydrogen-bond donors (Lipinski definition) is 1. The van der Waals surface area contributed by atoms with E-state index in [1.54, 1.807) is 36.6 Å². The number of carbonyl (C=O) groups excluding carboxylic acids is 2. The van der Waals surface area contributed by atoms with Gasteiger partial charge in [0.25, 0.3) is 0 Å². The van der Waals surface area contributed by atoms with Crippen molar-refractivity contribution in [3.05, 3.63) is 59.5 Å². The van der Waals surface area contributed by atoms with Crippen LogP contribution in [0.15, 0.2) is 53.9 Å². The number of nitrogens with zero attached hydrogens (tertiary/aromatic N) is 1. The summed E-state index contributed by atoms with van der Waals surface area (Å²) in [7, 11) is 2.44. The van der Waals surface area contributed by atoms with Crippen LogP contribution in [-0.4, -0.2) is 31.3 Å². The second-order valence-electron chi connectivity index (χ2n) is 4.81. The van der Waals surface area contributed by atoms with E-state index in [0.717, 1.165) is 5.56 Å². The monoisotopic (exact) mass is 315 g/mol. The number of benzene rings is 1. The Morgan fingerprint density at radius 2 is 1.78 bits per heavy atom. The molecule has 1 aromatic rings. The summed E-state index contributed by atoms with van der Waals surface area (Å²) in [5, 5.41) is 10.2. The van der Waals surface area contributed by atoms with Crippen molar-refractivity contribution in [3.63, 3.8) is 0 Å². The van der Waals surface area contributed by atoms with Crippen LogP contribution in [0, 0.1) is 6.92 Å². The van der Waals surface area contributed by atoms with Gasteiger partial charge in [-0.05, 0) is 36.8 Å². The molecule has 0 saturated carbocycles. The van der Waals surface area contributed by atoms with Gasteiger partial charge in [-0.25, -0.2) is 9.59 Å². The van der Waals surface area contributed by atoms with Crippen LogP contribution in [0.5, 0.6) is 5.75 Å². The van der Waals surface area contributed by atoms with Crippen molar-refractivity contribution in [1.29, 1.82) is 0 Å². The lowest BCUT2D eigenvalue weighted by Gasteiger charge is -2.23. The number of aryl methyl sites for hydroxylation is 1. The molecule has 1 heterocycles. The van der Waals surface area contributed by atoms with E-state index in [9.17, 15) is 14.7 Å². The van der Waals surface area contributed by atoms with Crippen LogP contribution in [0.2, 0.25) is 0 Å². The average Bonchev–Trinajstić information content (AvgIpc) is 2.76. The predicted molar refractivity (Wildman–Crippen MR) is 84.7 cm³/mol. The van der Waals surface area contributed by atoms with Gasteiger partial charge in [-0.15, -0.1) is 0 Å². The van der Waals surface area contributed by atoms with E-state index < -0.39 is 11.9 Å². The SMILES string of the molecule is COC(=O)C1=C(C(=O)OC)N(c2ccc(C)cc2O)C=CC=C1. The van der Waals surface area contributed by atoms with E-state index in [1.807, 2.05) is 6.92 Å². The zero-order chi connectivity index (χ0) is 17.0. The highest BCUT2D eigenvalue weighted by molar-refractivity contribution is 6.05. The van der Waals surface area contributed by atoms with E-state index in [-0.39, 0.29) is 17.0 Å². The molecule has 6 heteroatoms. The number of ether oxygens (including phenoxy) is 2. The van der Waals surface area contributed by atoms with E-state index in [1.165, 1.54) is 25.2 Å². The Morgan fingerprint density at radius 1 is 1.09 bits per heavy atom. The third-order valence-corrected chi connectivity index (χ3v) is 3.28. The molecule has 0 unspecified atom stereocenters. The number of carbonyl (C=O) groups is 2. The summed E-state index contributed by atoms with van der Waals surface area (Å²) in [5.74, 6) is -1.43. The molecule has 0 spiro atoms. The van der Waals surface area contributed by atoms with Gasteiger partial charge in [0.2, 0.25) is 0 Å². The zero-order valence-corrected chi connectivity index (χ0v) is 13.1. The number of hydrogen-bond acceptors (Lipinski definition) is 6. The third-order valence-electron chi connectivity index (χ3n) is 3.28. The van der Waals surface area contributed by atoms with Gasteiger partial charge >= 0.3 is 11.9 Å². The minimum atomic E-state index is -0.721. The summed E-state index contributed by atoms with van der Waals surface area (Å²) >= 11 is 0. The quantitative estimate of drug-likeness (QED) is 0.862. The summed E-state index contributed by atoms with van der Waals surface area (Å²) in [6.45, 7) is 1.83. The number of allylic oxidation sites excluding steroid dienone is 2. The summed E-state index contributed by atoms with van der Waals surface area (Å²) < 4.78 is 9.52. The first-order valence-corrected chi connectivity index (χ1v) is 6.84. The fraction of sp³-hybridized carbons (Fsp3) is 0.176. The molecular formula is C17H17NO5. The van der Waals surface area contributed by atoms with Crippen molar-refractivity contribution in [2.45, 2.75) is 6.92 Å². The molecule has 1 N–H and O–H groups in total. The first-order chi connectivity index (χ1) is 11.0. The summed E-state index contributed by atoms with van der Waals surface area (Å²) in [6, 6.07) is 5.00. The lowest BCUT2D eigenvalue weighted by Crippen LogP contribution is -2.27. The molecule has 1 aliphatic heterocycles. The van der Waals surface area contributed by atoms with E-state index >= 15 is 0 Å². The third kappa shape index (κ3) is 3.26. The molecule has 0 fully saturated rings. The van der Waals surface area contributed by atoms with Crippen LogP contribution in [-0.2, 0) is 19.1 Å². The number of rotatable bonds is 3. The van der Waals surface area contributed by atoms with Crippen LogP contribution < -0.4 is 4.90 Å². The topological polar surface area (TPSA) is 76.1 Å². The second kappa shape index (κ2) is 6.83. The molecule has 0 amide bonds. The second-order valence-corrected chi connectivity index (χ2v) is 4.81. The lowest BCUT2D eigenvalue weighted by molar-refractivity contribution is -0.139. The predicted octanol–water partition coefficient (Wildman–Crippen LogP) is 2.19. The van der Waals surface area contributed by atoms with Crippen molar-refractivity contribution in [2.75, 3.05) is 19.1 Å². The number of esters is 2. The van der Waals surface area contributed by atoms with Gasteiger partial charge in [-0.2, -0.15) is 0 Å². The smallest absolute Gasteiger partial charge is 0.355 e. The first-order valence-electron chi connectivity index (χ1n) is 6.84. The molecular weight excluding hydrogens is 298 g/mol. The number of anilines is 1. The minimum absolute atomic E-state index is 0.0258. The maximum atomic E-state index is 12.2. The Kier molecular flexibility index (Phi) is 4.85. The van der Waals surface area contributed by atoms with Gasteiger partial charge in [0, 0.05) is 6.20 Å². The van der Waals surface area contributed by atoms with Gasteiger partial charge in [-0.1, -0.05) is 12.1 Å². The molecule has 0 bridgehead atoms. The van der Waals surface area contributed by atoms with Crippen molar-refractivity contribution < 1.29 is 24.2 Å². The van der Waals surface area contributed by atoms with Crippen molar-refractivity contribution in [1.82, 2.24) is 0 Å². The molecule has 1 aromatic carbocycles. The van der Waals surface area contributed by atoms with Gasteiger partial charge in [0.05, 0.1) is 25.5 Å². The zero-order valence-electron chi connectivity index (χ0n) is 13.1. The first kappa shape index (κ1) is 16.4. The molecule has 0 aromatic heterocycles. The number of aromatic hydroxyl groups is 1. The Morgan fingerprint density at radius 3 is 2.39 bits per heavy atom. The van der Waals surface area contributed by atoms with Gasteiger partial charge in [0.1, 0.15) is 11.4 Å². The minimum Gasteiger partial charge on any atom is -0.506 e. The molecule has 0 aliphatic carbocycles. The van der Waals surface area contributed by atoms with Crippen molar-refractivity contribution in [3.8, 4) is 5.75 Å². The summed E-state index contributed by atoms with van der Waals surface area (Å²) in [4.78, 5) is 25.6. The summed E-state index contributed by atoms with van der Waals surface area (Å²) in [5.41, 5.74) is 1.20. The largest absolute Gasteiger partial charge is 0.506 e. The molecule has 1 aliphatic rings. The summed E-state index contributed by atoms with van der Waals surface area (Å²) in [6.07, 6.45) is 6.25. The average molecular weight is 315 g/mol. The van der Waals surface area contributed by atoms with E-state index in [2.05, 4.69) is 0 Å². The van der Waals surface area contributed by atoms with E-state index in [0.29, 0.717) is 5.69 Å². The van der Waals surface area contributed by atoms with Gasteiger partial charge in [-0.3, -0.25) is 0 Å². The number of methoxy groups -OCH3 is 2. The molecule has 120 valence electrons. The Bertz CT molecular complexity index is 730. The van der Waals surface area contributed by atoms with E-state index in [4.69, 9.17) is 9.47 Å². The van der Waals surface area contributed by atoms with Crippen LogP contribution in [0.1, 0.15) is 5.56 Å². The molecule has 0 saturated heterocycles. The molecule has 23 heavy (non-hydrogen) atoms. The standard InChI is InChI=1S/C17H17NO5/c1-11-7-8-13(14(19)10-11)18-9-5-4-6-12(16(20)22-2)15(18)17(21)23-3/h4-10,19H,1-3H3. The highest BCUT2D eigenvalue weighted by atomic mass is 16.5. The molecule has 6 nitrogen and oxygen atoms in total. The van der Waals surface area contributed by atoms with Crippen LogP contribution in [0.3, 0.4) is 0 Å². The van der Waals surface area contributed by atoms with Gasteiger partial charge < -0.3 is 19.5 Å². The van der Waals surface area contributed by atoms with Crippen LogP contribution in [0.25, 0.3) is 0 Å². The fourth-order valence-corrected chi connectivity index (χ4v) is 2.19. The fourth-order valence-electron chi connectivity index (χ4n) is 2.19. The van der Waals surface area contributed by atoms with Crippen LogP contribution >= 0.6 is 0 Å². The molecule has 0 atom stereocenters. The van der Waals surface area contributed by atoms with Crippen molar-refractivity contribution >= 4 is 17.6 Å². The number of phenols is 1. The Hall–Kier alpha value is -3.02. The number of phenolic OH excluding ortho intramolecular Hbond substituents is 1. The maximum absolute atomic E-state index is 12.2. The lowest BCUT2D eigenvalue weighted by atomic mass is 10.1. The van der Waals surface area contributed by atoms with Crippen LogP contribution in [0.4, 0.5) is 5.69 Å². The normalized spacial score (nSPS) is 13.8. The highest BCUT2D eigenvalue weighted by Gasteiger charge is 2.28. The molecule has 2 rings (SSSR count). The molecule has 0 radical (unpaired) electrons. The van der Waals surface area contributed by atoms with Gasteiger partial charge in [0.15, 0.2) is 0 Å². The maximum Gasteiger partial charge on any atom is 0.355 e. The Balaban J connectivity index is 2.68. The Labute approximate surface area is 133 Å². The highest BCUT2D eigenvalue weighted by Crippen LogP contribution is 2.33. The van der Waals surface area contributed by atoms with Crippen molar-refractivity contribution in [2.24, 2.45) is 0 Å².